The van der Waals surface area contributed by atoms with Crippen LogP contribution < -0.4 is 14.8 Å². The summed E-state index contributed by atoms with van der Waals surface area (Å²) in [5, 5.41) is 12.8. The lowest BCUT2D eigenvalue weighted by Crippen LogP contribution is -2.47. The van der Waals surface area contributed by atoms with Crippen LogP contribution in [0.15, 0.2) is 18.2 Å². The average molecular weight is 321 g/mol. The van der Waals surface area contributed by atoms with Crippen molar-refractivity contribution in [3.63, 3.8) is 0 Å². The van der Waals surface area contributed by atoms with E-state index in [0.717, 1.165) is 50.8 Å². The van der Waals surface area contributed by atoms with Gasteiger partial charge in [0.25, 0.3) is 0 Å². The highest BCUT2D eigenvalue weighted by Crippen LogP contribution is 2.35. The van der Waals surface area contributed by atoms with Gasteiger partial charge >= 0.3 is 0 Å². The molecule has 6 nitrogen and oxygen atoms in total. The minimum atomic E-state index is 0.177. The third kappa shape index (κ3) is 3.95. The van der Waals surface area contributed by atoms with Crippen molar-refractivity contribution in [2.75, 3.05) is 59.2 Å². The molecule has 1 aromatic rings. The van der Waals surface area contributed by atoms with Crippen molar-refractivity contribution in [3.8, 4) is 11.5 Å². The van der Waals surface area contributed by atoms with E-state index >= 15 is 0 Å². The Labute approximate surface area is 138 Å². The quantitative estimate of drug-likeness (QED) is 0.770. The number of aliphatic hydroxyl groups excluding tert-OH is 1. The lowest BCUT2D eigenvalue weighted by atomic mass is 10.0. The van der Waals surface area contributed by atoms with E-state index < -0.39 is 0 Å². The molecule has 2 aliphatic rings. The third-order valence-electron chi connectivity index (χ3n) is 4.66. The SMILES string of the molecule is CCN(CCO)C(CN1CCNCC1)c1ccc2c(c1)OCO2. The van der Waals surface area contributed by atoms with E-state index in [1.54, 1.807) is 0 Å². The Morgan fingerprint density at radius 3 is 2.78 bits per heavy atom. The van der Waals surface area contributed by atoms with Crippen molar-refractivity contribution in [1.82, 2.24) is 15.1 Å². The zero-order valence-corrected chi connectivity index (χ0v) is 13.8. The predicted octanol–water partition coefficient (Wildman–Crippen LogP) is 0.676. The molecule has 1 atom stereocenters. The molecule has 0 radical (unpaired) electrons. The normalized spacial score (nSPS) is 19.3. The zero-order valence-electron chi connectivity index (χ0n) is 13.8. The first-order valence-electron chi connectivity index (χ1n) is 8.49. The van der Waals surface area contributed by atoms with Gasteiger partial charge in [-0.3, -0.25) is 9.80 Å². The highest BCUT2D eigenvalue weighted by atomic mass is 16.7. The number of hydrogen-bond acceptors (Lipinski definition) is 6. The maximum atomic E-state index is 9.41. The van der Waals surface area contributed by atoms with E-state index in [2.05, 4.69) is 34.2 Å². The number of piperazine rings is 1. The highest BCUT2D eigenvalue weighted by molar-refractivity contribution is 5.45. The van der Waals surface area contributed by atoms with Gasteiger partial charge in [-0.2, -0.15) is 0 Å². The van der Waals surface area contributed by atoms with Crippen LogP contribution in [0.2, 0.25) is 0 Å². The monoisotopic (exact) mass is 321 g/mol. The summed E-state index contributed by atoms with van der Waals surface area (Å²) in [6.45, 7) is 9.40. The number of fused-ring (bicyclic) bond motifs is 1. The van der Waals surface area contributed by atoms with Gasteiger partial charge in [0.1, 0.15) is 0 Å². The molecule has 0 amide bonds. The van der Waals surface area contributed by atoms with E-state index in [-0.39, 0.29) is 12.6 Å². The van der Waals surface area contributed by atoms with E-state index in [1.165, 1.54) is 5.56 Å². The summed E-state index contributed by atoms with van der Waals surface area (Å²) in [7, 11) is 0. The summed E-state index contributed by atoms with van der Waals surface area (Å²) < 4.78 is 11.0. The van der Waals surface area contributed by atoms with Crippen LogP contribution in [0.4, 0.5) is 0 Å². The second-order valence-corrected chi connectivity index (χ2v) is 6.03. The summed E-state index contributed by atoms with van der Waals surface area (Å²) in [6.07, 6.45) is 0. The molecule has 128 valence electrons. The number of aliphatic hydroxyl groups is 1. The van der Waals surface area contributed by atoms with Gasteiger partial charge in [-0.15, -0.1) is 0 Å². The molecule has 2 heterocycles. The molecule has 1 fully saturated rings. The summed E-state index contributed by atoms with van der Waals surface area (Å²) >= 11 is 0. The molecule has 23 heavy (non-hydrogen) atoms. The fraction of sp³-hybridized carbons (Fsp3) is 0.647. The molecule has 2 aliphatic heterocycles. The molecule has 1 unspecified atom stereocenters. The second-order valence-electron chi connectivity index (χ2n) is 6.03. The molecule has 0 bridgehead atoms. The molecule has 3 rings (SSSR count). The van der Waals surface area contributed by atoms with Crippen LogP contribution in [0.25, 0.3) is 0 Å². The van der Waals surface area contributed by atoms with Gasteiger partial charge in [-0.25, -0.2) is 0 Å². The zero-order chi connectivity index (χ0) is 16.1. The number of rotatable bonds is 7. The Morgan fingerprint density at radius 1 is 1.26 bits per heavy atom. The molecule has 6 heteroatoms. The molecular weight excluding hydrogens is 294 g/mol. The minimum absolute atomic E-state index is 0.177. The van der Waals surface area contributed by atoms with Crippen molar-refractivity contribution < 1.29 is 14.6 Å². The predicted molar refractivity (Wildman–Crippen MR) is 88.9 cm³/mol. The van der Waals surface area contributed by atoms with Crippen LogP contribution in [-0.4, -0.2) is 74.1 Å². The Bertz CT molecular complexity index is 506. The average Bonchev–Trinajstić information content (AvgIpc) is 3.06. The van der Waals surface area contributed by atoms with Crippen molar-refractivity contribution in [3.05, 3.63) is 23.8 Å². The first-order chi connectivity index (χ1) is 11.3. The Kier molecular flexibility index (Phi) is 5.72. The topological polar surface area (TPSA) is 57.2 Å². The van der Waals surface area contributed by atoms with Crippen LogP contribution in [-0.2, 0) is 0 Å². The molecular formula is C17H27N3O3. The molecule has 1 aromatic carbocycles. The summed E-state index contributed by atoms with van der Waals surface area (Å²) in [5.74, 6) is 1.65. The van der Waals surface area contributed by atoms with Crippen molar-refractivity contribution >= 4 is 0 Å². The molecule has 2 N–H and O–H groups in total. The van der Waals surface area contributed by atoms with Gasteiger partial charge in [0.2, 0.25) is 6.79 Å². The van der Waals surface area contributed by atoms with Gasteiger partial charge in [0.05, 0.1) is 6.61 Å². The standard InChI is InChI=1S/C17H27N3O3/c1-2-20(9-10-21)15(12-19-7-5-18-6-8-19)14-3-4-16-17(11-14)23-13-22-16/h3-4,11,15,18,21H,2,5-10,12-13H2,1H3. The number of nitrogens with one attached hydrogen (secondary N) is 1. The number of benzene rings is 1. The Hall–Kier alpha value is -1.34. The van der Waals surface area contributed by atoms with Crippen LogP contribution in [0.5, 0.6) is 11.5 Å². The van der Waals surface area contributed by atoms with Crippen molar-refractivity contribution in [2.24, 2.45) is 0 Å². The van der Waals surface area contributed by atoms with Gasteiger partial charge in [0.15, 0.2) is 11.5 Å². The van der Waals surface area contributed by atoms with Crippen LogP contribution in [0.1, 0.15) is 18.5 Å². The molecule has 0 spiro atoms. The third-order valence-corrected chi connectivity index (χ3v) is 4.66. The minimum Gasteiger partial charge on any atom is -0.454 e. The number of hydrogen-bond donors (Lipinski definition) is 2. The fourth-order valence-corrected chi connectivity index (χ4v) is 3.35. The lowest BCUT2D eigenvalue weighted by molar-refractivity contribution is 0.113. The highest BCUT2D eigenvalue weighted by Gasteiger charge is 2.25. The number of nitrogens with zero attached hydrogens (tertiary/aromatic N) is 2. The number of likely N-dealkylation sites (N-methyl/N-ethyl adjacent to an activating group) is 1. The summed E-state index contributed by atoms with van der Waals surface area (Å²) in [4.78, 5) is 4.82. The number of ether oxygens (including phenoxy) is 2. The Balaban J connectivity index is 1.80. The first-order valence-corrected chi connectivity index (χ1v) is 8.49. The lowest BCUT2D eigenvalue weighted by Gasteiger charge is -2.36. The molecule has 1 saturated heterocycles. The largest absolute Gasteiger partial charge is 0.454 e. The van der Waals surface area contributed by atoms with Crippen molar-refractivity contribution in [2.45, 2.75) is 13.0 Å². The van der Waals surface area contributed by atoms with Gasteiger partial charge < -0.3 is 19.9 Å². The van der Waals surface area contributed by atoms with Crippen LogP contribution in [0, 0.1) is 0 Å². The Morgan fingerprint density at radius 2 is 2.04 bits per heavy atom. The molecule has 0 saturated carbocycles. The molecule has 0 aromatic heterocycles. The van der Waals surface area contributed by atoms with E-state index in [9.17, 15) is 5.11 Å². The maximum Gasteiger partial charge on any atom is 0.231 e. The summed E-state index contributed by atoms with van der Waals surface area (Å²) in [5.41, 5.74) is 1.23. The second kappa shape index (κ2) is 7.97. The van der Waals surface area contributed by atoms with E-state index in [1.807, 2.05) is 6.07 Å². The maximum absolute atomic E-state index is 9.41. The first kappa shape index (κ1) is 16.5. The van der Waals surface area contributed by atoms with E-state index in [4.69, 9.17) is 9.47 Å². The van der Waals surface area contributed by atoms with Crippen molar-refractivity contribution in [1.29, 1.82) is 0 Å². The molecule has 0 aliphatic carbocycles. The smallest absolute Gasteiger partial charge is 0.231 e. The fourth-order valence-electron chi connectivity index (χ4n) is 3.35. The van der Waals surface area contributed by atoms with Gasteiger partial charge in [-0.1, -0.05) is 13.0 Å². The van der Waals surface area contributed by atoms with Gasteiger partial charge in [0, 0.05) is 45.3 Å². The van der Waals surface area contributed by atoms with Gasteiger partial charge in [-0.05, 0) is 24.2 Å². The van der Waals surface area contributed by atoms with Crippen LogP contribution >= 0.6 is 0 Å². The van der Waals surface area contributed by atoms with E-state index in [0.29, 0.717) is 13.3 Å². The summed E-state index contributed by atoms with van der Waals surface area (Å²) in [6, 6.07) is 6.46. The van der Waals surface area contributed by atoms with Crippen LogP contribution in [0.3, 0.4) is 0 Å².